The van der Waals surface area contributed by atoms with Gasteiger partial charge in [-0.2, -0.15) is 0 Å². The van der Waals surface area contributed by atoms with Crippen molar-refractivity contribution in [2.45, 2.75) is 93.8 Å². The van der Waals surface area contributed by atoms with E-state index in [4.69, 9.17) is 14.3 Å². The molecule has 0 N–H and O–H groups in total. The van der Waals surface area contributed by atoms with Crippen molar-refractivity contribution >= 4 is 55.9 Å². The van der Waals surface area contributed by atoms with E-state index in [1.165, 1.54) is 8.15 Å². The zero-order chi connectivity index (χ0) is 34.1. The van der Waals surface area contributed by atoms with Gasteiger partial charge in [-0.15, -0.1) is 8.15 Å². The third-order valence-corrected chi connectivity index (χ3v) is 16.8. The van der Waals surface area contributed by atoms with Gasteiger partial charge in [-0.3, -0.25) is 0 Å². The molecule has 0 amide bonds. The van der Waals surface area contributed by atoms with E-state index in [2.05, 4.69) is 20.8 Å². The van der Waals surface area contributed by atoms with E-state index in [0.717, 1.165) is 34.4 Å². The Bertz CT molecular complexity index is 2010. The van der Waals surface area contributed by atoms with Gasteiger partial charge in [0.1, 0.15) is 12.2 Å². The van der Waals surface area contributed by atoms with Gasteiger partial charge >= 0.3 is 0 Å². The summed E-state index contributed by atoms with van der Waals surface area (Å²) >= 11 is 0. The minimum Gasteiger partial charge on any atom is -0.477 e. The molecule has 1 aliphatic carbocycles. The Morgan fingerprint density at radius 3 is 1.60 bits per heavy atom. The molecule has 2 fully saturated rings. The van der Waals surface area contributed by atoms with Crippen molar-refractivity contribution < 1.29 is 26.1 Å². The Morgan fingerprint density at radius 2 is 1.17 bits per heavy atom. The Hall–Kier alpha value is -2.92. The van der Waals surface area contributed by atoms with E-state index in [0.29, 0.717) is 25.3 Å². The van der Waals surface area contributed by atoms with Gasteiger partial charge in [0.05, 0.1) is 15.8 Å². The van der Waals surface area contributed by atoms with Crippen LogP contribution in [-0.4, -0.2) is 61.2 Å². The van der Waals surface area contributed by atoms with Crippen LogP contribution in [-0.2, 0) is 29.3 Å². The molecule has 1 saturated heterocycles. The number of fused-ring (bicyclic) bond motifs is 3. The lowest BCUT2D eigenvalue weighted by molar-refractivity contribution is 0.146. The minimum atomic E-state index is -4.24. The summed E-state index contributed by atoms with van der Waals surface area (Å²) in [6, 6.07) is 24.0. The van der Waals surface area contributed by atoms with Crippen molar-refractivity contribution in [3.05, 3.63) is 84.9 Å². The maximum absolute atomic E-state index is 14.9. The predicted octanol–water partition coefficient (Wildman–Crippen LogP) is 7.86. The molecule has 0 bridgehead atoms. The lowest BCUT2D eigenvalue weighted by Crippen LogP contribution is -2.43. The van der Waals surface area contributed by atoms with Gasteiger partial charge in [-0.1, -0.05) is 94.3 Å². The van der Waals surface area contributed by atoms with Crippen molar-refractivity contribution in [3.8, 4) is 0 Å². The van der Waals surface area contributed by atoms with Crippen LogP contribution in [0.3, 0.4) is 0 Å². The van der Waals surface area contributed by atoms with E-state index in [1.54, 1.807) is 50.2 Å². The van der Waals surface area contributed by atoms with Crippen LogP contribution < -0.4 is 0 Å². The van der Waals surface area contributed by atoms with Crippen LogP contribution >= 0.6 is 8.45 Å². The molecule has 0 aromatic heterocycles. The van der Waals surface area contributed by atoms with E-state index in [1.807, 2.05) is 48.5 Å². The molecule has 48 heavy (non-hydrogen) atoms. The SMILES string of the molecule is CC(C)(OP1N(S(=O)(=O)c2ccc3ccccc3c2)[C@@H]2CCCC[C@H]2N1S(=O)(=O)c1ccc2ccccc2c1)C1=N[C@@H](C(C)(C)C)CO1. The fourth-order valence-electron chi connectivity index (χ4n) is 6.83. The maximum Gasteiger partial charge on any atom is 0.249 e. The first-order valence-corrected chi connectivity index (χ1v) is 20.5. The van der Waals surface area contributed by atoms with Gasteiger partial charge in [0, 0.05) is 12.1 Å². The molecule has 7 rings (SSSR count). The lowest BCUT2D eigenvalue weighted by atomic mass is 9.88. The highest BCUT2D eigenvalue weighted by Crippen LogP contribution is 2.64. The summed E-state index contributed by atoms with van der Waals surface area (Å²) in [5.74, 6) is 0.339. The zero-order valence-corrected chi connectivity index (χ0v) is 30.4. The van der Waals surface area contributed by atoms with Gasteiger partial charge in [0.2, 0.25) is 34.4 Å². The average molecular weight is 708 g/mol. The standard InChI is InChI=1S/C36H42N3O6PS2/c1-35(2,3)33-24-44-34(37-33)36(4,5)45-46-38(47(40,41)29-20-18-25-12-6-8-14-27(25)22-29)31-16-10-11-17-32(31)39(46)48(42,43)30-21-19-26-13-7-9-15-28(26)23-30/h6-9,12-15,18-23,31-33H,10-11,16-17,24H2,1-5H3/t31-,32-,33-/m1/s1. The van der Waals surface area contributed by atoms with Crippen LogP contribution in [0.4, 0.5) is 0 Å². The summed E-state index contributed by atoms with van der Waals surface area (Å²) in [7, 11) is -10.9. The van der Waals surface area contributed by atoms with Gasteiger partial charge < -0.3 is 9.26 Å². The second-order valence-electron chi connectivity index (χ2n) is 14.5. The minimum absolute atomic E-state index is 0.103. The molecule has 1 saturated carbocycles. The Labute approximate surface area is 285 Å². The topological polar surface area (TPSA) is 106 Å². The number of benzene rings is 4. The zero-order valence-electron chi connectivity index (χ0n) is 27.9. The van der Waals surface area contributed by atoms with Crippen molar-refractivity contribution in [3.63, 3.8) is 0 Å². The third-order valence-electron chi connectivity index (χ3n) is 9.60. The maximum atomic E-state index is 14.9. The van der Waals surface area contributed by atoms with Crippen LogP contribution in [0.25, 0.3) is 21.5 Å². The van der Waals surface area contributed by atoms with E-state index in [9.17, 15) is 16.8 Å². The largest absolute Gasteiger partial charge is 0.477 e. The van der Waals surface area contributed by atoms with Gasteiger partial charge in [0.25, 0.3) is 0 Å². The number of ether oxygens (including phenoxy) is 1. The quantitative estimate of drug-likeness (QED) is 0.181. The number of sulfonamides is 2. The number of nitrogens with zero attached hydrogens (tertiary/aromatic N) is 3. The van der Waals surface area contributed by atoms with E-state index < -0.39 is 46.2 Å². The Morgan fingerprint density at radius 1 is 0.708 bits per heavy atom. The van der Waals surface area contributed by atoms with Crippen LogP contribution in [0.5, 0.6) is 0 Å². The van der Waals surface area contributed by atoms with Gasteiger partial charge in [0.15, 0.2) is 0 Å². The smallest absolute Gasteiger partial charge is 0.249 e. The molecular formula is C36H42N3O6PS2. The van der Waals surface area contributed by atoms with Crippen LogP contribution in [0.15, 0.2) is 99.7 Å². The molecule has 4 aromatic rings. The Balaban J connectivity index is 1.38. The molecule has 254 valence electrons. The Kier molecular flexibility index (Phi) is 8.49. The molecule has 9 nitrogen and oxygen atoms in total. The van der Waals surface area contributed by atoms with Gasteiger partial charge in [-0.05, 0) is 77.9 Å². The summed E-state index contributed by atoms with van der Waals surface area (Å²) in [6.45, 7) is 10.2. The molecule has 3 aliphatic rings. The fraction of sp³-hybridized carbons (Fsp3) is 0.417. The van der Waals surface area contributed by atoms with E-state index in [-0.39, 0.29) is 21.2 Å². The molecule has 0 spiro atoms. The van der Waals surface area contributed by atoms with Crippen molar-refractivity contribution in [2.24, 2.45) is 10.4 Å². The first kappa shape index (κ1) is 33.6. The summed E-state index contributed by atoms with van der Waals surface area (Å²) in [5, 5.41) is 3.40. The van der Waals surface area contributed by atoms with Crippen LogP contribution in [0.2, 0.25) is 0 Å². The highest BCUT2D eigenvalue weighted by molar-refractivity contribution is 7.98. The average Bonchev–Trinajstić information content (AvgIpc) is 3.69. The summed E-state index contributed by atoms with van der Waals surface area (Å²) in [4.78, 5) is 5.07. The fourth-order valence-corrected chi connectivity index (χ4v) is 14.2. The monoisotopic (exact) mass is 707 g/mol. The molecule has 2 heterocycles. The second-order valence-corrected chi connectivity index (χ2v) is 20.2. The molecule has 4 aromatic carbocycles. The van der Waals surface area contributed by atoms with Crippen LogP contribution in [0, 0.1) is 5.41 Å². The summed E-state index contributed by atoms with van der Waals surface area (Å²) < 4.78 is 75.3. The normalized spacial score (nSPS) is 23.4. The lowest BCUT2D eigenvalue weighted by Gasteiger charge is -2.35. The first-order valence-electron chi connectivity index (χ1n) is 16.4. The number of hydrogen-bond donors (Lipinski definition) is 0. The van der Waals surface area contributed by atoms with Crippen molar-refractivity contribution in [2.75, 3.05) is 6.61 Å². The van der Waals surface area contributed by atoms with Gasteiger partial charge in [-0.25, -0.2) is 21.8 Å². The molecule has 3 atom stereocenters. The predicted molar refractivity (Wildman–Crippen MR) is 191 cm³/mol. The second kappa shape index (κ2) is 12.1. The number of rotatable bonds is 7. The molecular weight excluding hydrogens is 666 g/mol. The molecule has 0 unspecified atom stereocenters. The summed E-state index contributed by atoms with van der Waals surface area (Å²) in [5.41, 5.74) is -1.39. The third kappa shape index (κ3) is 5.86. The van der Waals surface area contributed by atoms with Crippen LogP contribution in [0.1, 0.15) is 60.3 Å². The molecule has 0 radical (unpaired) electrons. The number of hydrogen-bond acceptors (Lipinski definition) is 7. The number of aliphatic imine (C=N–C) groups is 1. The molecule has 12 heteroatoms. The summed E-state index contributed by atoms with van der Waals surface area (Å²) in [6.07, 6.45) is 2.61. The highest BCUT2D eigenvalue weighted by atomic mass is 32.2. The first-order chi connectivity index (χ1) is 22.7. The van der Waals surface area contributed by atoms with Crippen molar-refractivity contribution in [1.29, 1.82) is 0 Å². The highest BCUT2D eigenvalue weighted by Gasteiger charge is 2.61. The van der Waals surface area contributed by atoms with Crippen molar-refractivity contribution in [1.82, 2.24) is 8.15 Å². The molecule has 2 aliphatic heterocycles. The van der Waals surface area contributed by atoms with E-state index >= 15 is 0 Å².